The number of hydrogen-bond donors (Lipinski definition) is 0. The van der Waals surface area contributed by atoms with E-state index in [2.05, 4.69) is 0 Å². The number of halogens is 1. The highest BCUT2D eigenvalue weighted by Crippen LogP contribution is 2.33. The second kappa shape index (κ2) is 9.45. The number of benzene rings is 1. The average molecular weight is 393 g/mol. The smallest absolute Gasteiger partial charge is 0.226 e. The van der Waals surface area contributed by atoms with Gasteiger partial charge >= 0.3 is 0 Å². The summed E-state index contributed by atoms with van der Waals surface area (Å²) in [7, 11) is 1.80. The van der Waals surface area contributed by atoms with Gasteiger partial charge in [-0.25, -0.2) is 0 Å². The fourth-order valence-electron chi connectivity index (χ4n) is 4.14. The Morgan fingerprint density at radius 3 is 2.56 bits per heavy atom. The first-order valence-electron chi connectivity index (χ1n) is 9.98. The number of carbonyl (C=O) groups excluding carboxylic acids is 2. The van der Waals surface area contributed by atoms with Crippen LogP contribution in [0, 0.1) is 11.8 Å². The monoisotopic (exact) mass is 392 g/mol. The number of rotatable bonds is 6. The summed E-state index contributed by atoms with van der Waals surface area (Å²) in [6.07, 6.45) is 5.86. The second-order valence-electron chi connectivity index (χ2n) is 7.60. The molecule has 1 aliphatic heterocycles. The van der Waals surface area contributed by atoms with Gasteiger partial charge in [0.05, 0.1) is 6.54 Å². The zero-order valence-corrected chi connectivity index (χ0v) is 16.8. The van der Waals surface area contributed by atoms with Gasteiger partial charge in [0.1, 0.15) is 12.4 Å². The number of carbonyl (C=O) groups is 2. The molecule has 1 saturated heterocycles. The van der Waals surface area contributed by atoms with Gasteiger partial charge in [0.25, 0.3) is 0 Å². The van der Waals surface area contributed by atoms with Crippen molar-refractivity contribution in [2.75, 3.05) is 33.3 Å². The normalized spacial score (nSPS) is 22.5. The van der Waals surface area contributed by atoms with E-state index in [9.17, 15) is 9.59 Å². The third-order valence-corrected chi connectivity index (χ3v) is 5.92. The maximum absolute atomic E-state index is 13.0. The Kier molecular flexibility index (Phi) is 7.00. The number of amides is 2. The summed E-state index contributed by atoms with van der Waals surface area (Å²) in [5.74, 6) is 0.614. The van der Waals surface area contributed by atoms with Gasteiger partial charge in [0.2, 0.25) is 11.8 Å². The van der Waals surface area contributed by atoms with Crippen LogP contribution in [0.25, 0.3) is 0 Å². The fourth-order valence-corrected chi connectivity index (χ4v) is 4.32. The molecule has 3 rings (SSSR count). The van der Waals surface area contributed by atoms with Gasteiger partial charge in [-0.3, -0.25) is 9.59 Å². The van der Waals surface area contributed by atoms with E-state index in [1.165, 1.54) is 0 Å². The standard InChI is InChI=1S/C21H29ClN2O3/c1-23(13-14-27-17-8-6-7-16(22)15-17)20(25)18-9-2-3-10-19(18)21(26)24-11-4-5-12-24/h6-8,15,18-19H,2-5,9-14H2,1H3/t18-,19+/m0/s1. The molecule has 2 fully saturated rings. The Morgan fingerprint density at radius 2 is 1.85 bits per heavy atom. The van der Waals surface area contributed by atoms with Crippen LogP contribution >= 0.6 is 11.6 Å². The van der Waals surface area contributed by atoms with E-state index in [0.717, 1.165) is 51.6 Å². The third-order valence-electron chi connectivity index (χ3n) is 5.69. The predicted molar refractivity (Wildman–Crippen MR) is 106 cm³/mol. The zero-order valence-electron chi connectivity index (χ0n) is 16.0. The lowest BCUT2D eigenvalue weighted by molar-refractivity contribution is -0.147. The first-order valence-corrected chi connectivity index (χ1v) is 10.4. The molecule has 5 nitrogen and oxygen atoms in total. The van der Waals surface area contributed by atoms with Gasteiger partial charge in [-0.15, -0.1) is 0 Å². The molecule has 1 heterocycles. The Morgan fingerprint density at radius 1 is 1.15 bits per heavy atom. The van der Waals surface area contributed by atoms with E-state index >= 15 is 0 Å². The van der Waals surface area contributed by atoms with Gasteiger partial charge in [0, 0.05) is 37.0 Å². The highest BCUT2D eigenvalue weighted by atomic mass is 35.5. The van der Waals surface area contributed by atoms with Crippen LogP contribution in [0.4, 0.5) is 0 Å². The number of likely N-dealkylation sites (N-methyl/N-ethyl adjacent to an activating group) is 1. The number of ether oxygens (including phenoxy) is 1. The van der Waals surface area contributed by atoms with Gasteiger partial charge < -0.3 is 14.5 Å². The number of nitrogens with zero attached hydrogens (tertiary/aromatic N) is 2. The van der Waals surface area contributed by atoms with Gasteiger partial charge in [-0.2, -0.15) is 0 Å². The molecule has 1 aliphatic carbocycles. The molecule has 1 saturated carbocycles. The molecule has 0 spiro atoms. The minimum Gasteiger partial charge on any atom is -0.492 e. The van der Waals surface area contributed by atoms with Crippen LogP contribution in [0.1, 0.15) is 38.5 Å². The fraction of sp³-hybridized carbons (Fsp3) is 0.619. The minimum atomic E-state index is -0.192. The summed E-state index contributed by atoms with van der Waals surface area (Å²) in [6, 6.07) is 7.24. The first-order chi connectivity index (χ1) is 13.1. The summed E-state index contributed by atoms with van der Waals surface area (Å²) < 4.78 is 5.70. The molecular weight excluding hydrogens is 364 g/mol. The zero-order chi connectivity index (χ0) is 19.2. The summed E-state index contributed by atoms with van der Waals surface area (Å²) in [4.78, 5) is 29.6. The summed E-state index contributed by atoms with van der Waals surface area (Å²) in [5, 5.41) is 0.627. The van der Waals surface area contributed by atoms with Crippen LogP contribution in [0.2, 0.25) is 5.02 Å². The molecule has 1 aromatic rings. The van der Waals surface area contributed by atoms with Crippen molar-refractivity contribution in [1.29, 1.82) is 0 Å². The second-order valence-corrected chi connectivity index (χ2v) is 8.03. The van der Waals surface area contributed by atoms with Crippen molar-refractivity contribution in [2.45, 2.75) is 38.5 Å². The third kappa shape index (κ3) is 5.16. The molecule has 1 aromatic carbocycles. The van der Waals surface area contributed by atoms with Gasteiger partial charge in [-0.1, -0.05) is 30.5 Å². The van der Waals surface area contributed by atoms with E-state index in [4.69, 9.17) is 16.3 Å². The van der Waals surface area contributed by atoms with Crippen molar-refractivity contribution in [1.82, 2.24) is 9.80 Å². The van der Waals surface area contributed by atoms with Gasteiger partial charge in [0.15, 0.2) is 0 Å². The maximum atomic E-state index is 13.0. The van der Waals surface area contributed by atoms with Crippen molar-refractivity contribution in [2.24, 2.45) is 11.8 Å². The van der Waals surface area contributed by atoms with Crippen LogP contribution in [0.15, 0.2) is 24.3 Å². The quantitative estimate of drug-likeness (QED) is 0.743. The van der Waals surface area contributed by atoms with Crippen LogP contribution in [0.5, 0.6) is 5.75 Å². The molecular formula is C21H29ClN2O3. The summed E-state index contributed by atoms with van der Waals surface area (Å²) in [5.41, 5.74) is 0. The van der Waals surface area contributed by atoms with Crippen LogP contribution in [0.3, 0.4) is 0 Å². The summed E-state index contributed by atoms with van der Waals surface area (Å²) in [6.45, 7) is 2.59. The number of likely N-dealkylation sites (tertiary alicyclic amines) is 1. The Bertz CT molecular complexity index is 661. The predicted octanol–water partition coefficient (Wildman–Crippen LogP) is 3.61. The largest absolute Gasteiger partial charge is 0.492 e. The Balaban J connectivity index is 1.54. The van der Waals surface area contributed by atoms with Gasteiger partial charge in [-0.05, 0) is 43.9 Å². The van der Waals surface area contributed by atoms with E-state index < -0.39 is 0 Å². The number of hydrogen-bond acceptors (Lipinski definition) is 3. The van der Waals surface area contributed by atoms with Crippen LogP contribution in [-0.4, -0.2) is 54.9 Å². The molecule has 2 aliphatic rings. The lowest BCUT2D eigenvalue weighted by Crippen LogP contribution is -2.45. The highest BCUT2D eigenvalue weighted by molar-refractivity contribution is 6.30. The Labute approximate surface area is 166 Å². The first kappa shape index (κ1) is 20.0. The van der Waals surface area contributed by atoms with Crippen molar-refractivity contribution in [3.8, 4) is 5.75 Å². The molecule has 0 aromatic heterocycles. The molecule has 148 valence electrons. The van der Waals surface area contributed by atoms with Crippen molar-refractivity contribution >= 4 is 23.4 Å². The Hall–Kier alpha value is -1.75. The van der Waals surface area contributed by atoms with E-state index in [1.807, 2.05) is 17.0 Å². The molecule has 0 unspecified atom stereocenters. The molecule has 2 atom stereocenters. The topological polar surface area (TPSA) is 49.9 Å². The lowest BCUT2D eigenvalue weighted by Gasteiger charge is -2.34. The molecule has 0 N–H and O–H groups in total. The average Bonchev–Trinajstić information content (AvgIpc) is 3.21. The summed E-state index contributed by atoms with van der Waals surface area (Å²) >= 11 is 5.96. The van der Waals surface area contributed by atoms with Crippen molar-refractivity contribution < 1.29 is 14.3 Å². The van der Waals surface area contributed by atoms with Crippen molar-refractivity contribution in [3.63, 3.8) is 0 Å². The molecule has 0 bridgehead atoms. The van der Waals surface area contributed by atoms with E-state index in [1.54, 1.807) is 24.1 Å². The molecule has 6 heteroatoms. The highest BCUT2D eigenvalue weighted by Gasteiger charge is 2.39. The molecule has 0 radical (unpaired) electrons. The minimum absolute atomic E-state index is 0.0712. The van der Waals surface area contributed by atoms with E-state index in [-0.39, 0.29) is 23.7 Å². The van der Waals surface area contributed by atoms with Crippen molar-refractivity contribution in [3.05, 3.63) is 29.3 Å². The van der Waals surface area contributed by atoms with Crippen LogP contribution < -0.4 is 4.74 Å². The van der Waals surface area contributed by atoms with Crippen LogP contribution in [-0.2, 0) is 9.59 Å². The lowest BCUT2D eigenvalue weighted by atomic mass is 9.77. The molecule has 27 heavy (non-hydrogen) atoms. The maximum Gasteiger partial charge on any atom is 0.226 e. The van der Waals surface area contributed by atoms with E-state index in [0.29, 0.717) is 23.9 Å². The SMILES string of the molecule is CN(CCOc1cccc(Cl)c1)C(=O)[C@H]1CCCC[C@H]1C(=O)N1CCCC1. The molecule has 2 amide bonds.